The van der Waals surface area contributed by atoms with Crippen LogP contribution in [0.2, 0.25) is 0 Å². The van der Waals surface area contributed by atoms with Gasteiger partial charge in [-0.3, -0.25) is 14.2 Å². The average molecular weight is 421 g/mol. The van der Waals surface area contributed by atoms with Gasteiger partial charge in [-0.25, -0.2) is 9.37 Å². The number of hydrogen-bond donors (Lipinski definition) is 1. The normalized spacial score (nSPS) is 11.1. The highest BCUT2D eigenvalue weighted by molar-refractivity contribution is 7.17. The largest absolute Gasteiger partial charge is 0.370 e. The third-order valence-electron chi connectivity index (χ3n) is 4.97. The number of halogens is 1. The fourth-order valence-corrected chi connectivity index (χ4v) is 4.44. The molecule has 0 aliphatic rings. The first-order valence-electron chi connectivity index (χ1n) is 9.62. The van der Waals surface area contributed by atoms with Crippen LogP contribution in [-0.2, 0) is 17.8 Å². The van der Waals surface area contributed by atoms with E-state index in [0.717, 1.165) is 11.1 Å². The van der Waals surface area contributed by atoms with E-state index in [0.29, 0.717) is 34.6 Å². The van der Waals surface area contributed by atoms with Gasteiger partial charge >= 0.3 is 0 Å². The molecule has 30 heavy (non-hydrogen) atoms. The van der Waals surface area contributed by atoms with Crippen LogP contribution in [-0.4, -0.2) is 15.5 Å². The quantitative estimate of drug-likeness (QED) is 0.488. The van der Waals surface area contributed by atoms with Gasteiger partial charge in [-0.1, -0.05) is 48.5 Å². The summed E-state index contributed by atoms with van der Waals surface area (Å²) in [6.07, 6.45) is 0.767. The number of nitrogens with zero attached hydrogens (tertiary/aromatic N) is 2. The zero-order chi connectivity index (χ0) is 21.1. The van der Waals surface area contributed by atoms with Crippen molar-refractivity contribution in [3.05, 3.63) is 87.5 Å². The highest BCUT2D eigenvalue weighted by Crippen LogP contribution is 2.31. The molecule has 0 spiro atoms. The average Bonchev–Trinajstić information content (AvgIpc) is 3.16. The Balaban J connectivity index is 1.84. The van der Waals surface area contributed by atoms with Gasteiger partial charge in [0, 0.05) is 30.3 Å². The minimum atomic E-state index is -0.423. The van der Waals surface area contributed by atoms with Gasteiger partial charge in [0.15, 0.2) is 0 Å². The minimum absolute atomic E-state index is 0.165. The Labute approximate surface area is 176 Å². The van der Waals surface area contributed by atoms with Crippen LogP contribution in [0, 0.1) is 5.82 Å². The Morgan fingerprint density at radius 2 is 1.83 bits per heavy atom. The fourth-order valence-electron chi connectivity index (χ4n) is 3.49. The van der Waals surface area contributed by atoms with Crippen molar-refractivity contribution >= 4 is 27.5 Å². The van der Waals surface area contributed by atoms with Crippen molar-refractivity contribution in [1.82, 2.24) is 9.55 Å². The number of aromatic nitrogens is 2. The van der Waals surface area contributed by atoms with Crippen LogP contribution in [0.5, 0.6) is 0 Å². The topological polar surface area (TPSA) is 78.0 Å². The lowest BCUT2D eigenvalue weighted by Crippen LogP contribution is -2.26. The summed E-state index contributed by atoms with van der Waals surface area (Å²) < 4.78 is 15.8. The van der Waals surface area contributed by atoms with Gasteiger partial charge in [0.25, 0.3) is 5.56 Å². The van der Waals surface area contributed by atoms with Crippen LogP contribution < -0.4 is 11.3 Å². The molecular weight excluding hydrogens is 401 g/mol. The van der Waals surface area contributed by atoms with Crippen LogP contribution in [0.1, 0.15) is 24.2 Å². The molecule has 0 saturated carbocycles. The fraction of sp³-hybridized carbons (Fsp3) is 0.174. The molecule has 0 bridgehead atoms. The predicted molar refractivity (Wildman–Crippen MR) is 117 cm³/mol. The highest BCUT2D eigenvalue weighted by atomic mass is 32.1. The molecule has 4 rings (SSSR count). The number of fused-ring (bicyclic) bond motifs is 1. The maximum absolute atomic E-state index is 14.2. The maximum Gasteiger partial charge on any atom is 0.262 e. The van der Waals surface area contributed by atoms with Crippen molar-refractivity contribution in [3.63, 3.8) is 0 Å². The second kappa shape index (κ2) is 8.59. The molecule has 2 aromatic carbocycles. The molecular formula is C23H20FN3O2S. The summed E-state index contributed by atoms with van der Waals surface area (Å²) in [6.45, 7) is 0.290. The van der Waals surface area contributed by atoms with Crippen molar-refractivity contribution < 1.29 is 9.18 Å². The van der Waals surface area contributed by atoms with Crippen LogP contribution >= 0.6 is 11.3 Å². The summed E-state index contributed by atoms with van der Waals surface area (Å²) in [5.41, 5.74) is 7.31. The van der Waals surface area contributed by atoms with E-state index in [1.807, 2.05) is 35.7 Å². The Bertz CT molecular complexity index is 1260. The standard InChI is InChI=1S/C23H20FN3O2S/c24-18-10-5-4-9-16(18)13-20-26-22-21(23(29)27(20)12-6-11-19(25)28)17(14-30-22)15-7-2-1-3-8-15/h1-5,7-10,14H,6,11-13H2,(H2,25,28). The lowest BCUT2D eigenvalue weighted by Gasteiger charge is -2.13. The Kier molecular flexibility index (Phi) is 5.72. The van der Waals surface area contributed by atoms with E-state index in [1.165, 1.54) is 17.4 Å². The van der Waals surface area contributed by atoms with Crippen LogP contribution in [0.15, 0.2) is 64.8 Å². The van der Waals surface area contributed by atoms with E-state index >= 15 is 0 Å². The number of carbonyl (C=O) groups is 1. The molecule has 7 heteroatoms. The SMILES string of the molecule is NC(=O)CCCn1c(Cc2ccccc2F)nc2scc(-c3ccccc3)c2c1=O. The highest BCUT2D eigenvalue weighted by Gasteiger charge is 2.18. The van der Waals surface area contributed by atoms with Gasteiger partial charge in [-0.15, -0.1) is 11.3 Å². The molecule has 0 fully saturated rings. The number of nitrogens with two attached hydrogens (primary N) is 1. The molecule has 152 valence electrons. The molecule has 0 saturated heterocycles. The number of carbonyl (C=O) groups excluding carboxylic acids is 1. The first-order valence-corrected chi connectivity index (χ1v) is 10.5. The summed E-state index contributed by atoms with van der Waals surface area (Å²) in [5.74, 6) is -0.288. The number of primary amides is 1. The second-order valence-electron chi connectivity index (χ2n) is 7.02. The molecule has 2 heterocycles. The van der Waals surface area contributed by atoms with Crippen molar-refractivity contribution in [2.45, 2.75) is 25.8 Å². The smallest absolute Gasteiger partial charge is 0.262 e. The first-order chi connectivity index (χ1) is 14.5. The van der Waals surface area contributed by atoms with Gasteiger partial charge in [0.1, 0.15) is 16.5 Å². The predicted octanol–water partition coefficient (Wildman–Crippen LogP) is 4.12. The number of amides is 1. The lowest BCUT2D eigenvalue weighted by molar-refractivity contribution is -0.118. The van der Waals surface area contributed by atoms with Crippen LogP contribution in [0.3, 0.4) is 0 Å². The third-order valence-corrected chi connectivity index (χ3v) is 5.84. The van der Waals surface area contributed by atoms with E-state index in [2.05, 4.69) is 0 Å². The van der Waals surface area contributed by atoms with E-state index < -0.39 is 5.91 Å². The first kappa shape index (κ1) is 20.0. The molecule has 5 nitrogen and oxygen atoms in total. The third kappa shape index (κ3) is 4.02. The van der Waals surface area contributed by atoms with Gasteiger partial charge in [0.2, 0.25) is 5.91 Å². The second-order valence-corrected chi connectivity index (χ2v) is 7.88. The summed E-state index contributed by atoms with van der Waals surface area (Å²) >= 11 is 1.40. The Hall–Kier alpha value is -3.32. The molecule has 1 amide bonds. The summed E-state index contributed by atoms with van der Waals surface area (Å²) in [4.78, 5) is 30.0. The maximum atomic E-state index is 14.2. The molecule has 4 aromatic rings. The summed E-state index contributed by atoms with van der Waals surface area (Å²) in [5, 5.41) is 2.47. The Morgan fingerprint density at radius 3 is 2.57 bits per heavy atom. The van der Waals surface area contributed by atoms with Crippen molar-refractivity contribution in [2.24, 2.45) is 5.73 Å². The lowest BCUT2D eigenvalue weighted by atomic mass is 10.1. The zero-order valence-electron chi connectivity index (χ0n) is 16.2. The number of hydrogen-bond acceptors (Lipinski definition) is 4. The van der Waals surface area contributed by atoms with Crippen LogP contribution in [0.25, 0.3) is 21.3 Å². The molecule has 0 unspecified atom stereocenters. The van der Waals surface area contributed by atoms with E-state index in [9.17, 15) is 14.0 Å². The van der Waals surface area contributed by atoms with Gasteiger partial charge in [-0.05, 0) is 23.6 Å². The molecule has 2 aromatic heterocycles. The minimum Gasteiger partial charge on any atom is -0.370 e. The number of thiophene rings is 1. The summed E-state index contributed by atoms with van der Waals surface area (Å²) in [6, 6.07) is 16.1. The zero-order valence-corrected chi connectivity index (χ0v) is 17.0. The van der Waals surface area contributed by atoms with E-state index in [1.54, 1.807) is 22.8 Å². The Morgan fingerprint density at radius 1 is 1.10 bits per heavy atom. The number of benzene rings is 2. The van der Waals surface area contributed by atoms with Crippen LogP contribution in [0.4, 0.5) is 4.39 Å². The van der Waals surface area contributed by atoms with Crippen molar-refractivity contribution in [2.75, 3.05) is 0 Å². The molecule has 0 radical (unpaired) electrons. The van der Waals surface area contributed by atoms with E-state index in [4.69, 9.17) is 10.7 Å². The monoisotopic (exact) mass is 421 g/mol. The molecule has 2 N–H and O–H groups in total. The molecule has 0 aliphatic heterocycles. The molecule has 0 atom stereocenters. The van der Waals surface area contributed by atoms with Gasteiger partial charge in [0.05, 0.1) is 5.39 Å². The van der Waals surface area contributed by atoms with E-state index in [-0.39, 0.29) is 24.2 Å². The molecule has 0 aliphatic carbocycles. The number of rotatable bonds is 7. The summed E-state index contributed by atoms with van der Waals surface area (Å²) in [7, 11) is 0. The van der Waals surface area contributed by atoms with Gasteiger partial charge < -0.3 is 5.73 Å². The van der Waals surface area contributed by atoms with Crippen molar-refractivity contribution in [1.29, 1.82) is 0 Å². The van der Waals surface area contributed by atoms with Gasteiger partial charge in [-0.2, -0.15) is 0 Å². The van der Waals surface area contributed by atoms with Crippen molar-refractivity contribution in [3.8, 4) is 11.1 Å².